The number of aliphatic carboxylic acids is 1. The van der Waals surface area contributed by atoms with E-state index in [2.05, 4.69) is 10.3 Å². The summed E-state index contributed by atoms with van der Waals surface area (Å²) in [6, 6.07) is -0.628. The van der Waals surface area contributed by atoms with Crippen molar-refractivity contribution < 1.29 is 44.0 Å². The van der Waals surface area contributed by atoms with E-state index in [1.54, 1.807) is 23.8 Å². The van der Waals surface area contributed by atoms with Crippen LogP contribution in [0, 0.1) is 11.3 Å². The van der Waals surface area contributed by atoms with E-state index in [9.17, 15) is 29.4 Å². The van der Waals surface area contributed by atoms with E-state index in [1.165, 1.54) is 23.2 Å². The molecule has 1 saturated heterocycles. The molecule has 1 aromatic rings. The summed E-state index contributed by atoms with van der Waals surface area (Å²) in [5.41, 5.74) is -0.917. The van der Waals surface area contributed by atoms with Crippen molar-refractivity contribution in [2.24, 2.45) is 11.3 Å². The van der Waals surface area contributed by atoms with Crippen LogP contribution in [0.4, 0.5) is 4.79 Å². The first kappa shape index (κ1) is 31.0. The molecule has 1 aliphatic carbocycles. The number of carbonyl (C=O) groups excluding carboxylic acids is 3. The first-order valence-electron chi connectivity index (χ1n) is 13.6. The van der Waals surface area contributed by atoms with Gasteiger partial charge in [-0.2, -0.15) is 0 Å². The van der Waals surface area contributed by atoms with Gasteiger partial charge in [0.15, 0.2) is 0 Å². The van der Waals surface area contributed by atoms with Gasteiger partial charge in [0.25, 0.3) is 5.91 Å². The Morgan fingerprint density at radius 3 is 2.71 bits per heavy atom. The van der Waals surface area contributed by atoms with E-state index in [0.717, 1.165) is 43.9 Å². The fourth-order valence-corrected chi connectivity index (χ4v) is 7.56. The SMILES string of the molecule is C[C@@H](O)[C@H]1C(=O)N2C(C(=O)O)=C(SC=Cc3nc(C(=O)NCCO)cs3)C(C)(CCOC(=O)OC3CCCCC3)[C@@H]12. The number of thiazole rings is 1. The molecule has 3 aliphatic rings. The minimum atomic E-state index is -1.28. The Balaban J connectivity index is 1.51. The highest BCUT2D eigenvalue weighted by Gasteiger charge is 2.66. The zero-order chi connectivity index (χ0) is 29.7. The number of hydrogen-bond acceptors (Lipinski definition) is 11. The number of aromatic nitrogens is 1. The van der Waals surface area contributed by atoms with Crippen LogP contribution in [0.3, 0.4) is 0 Å². The number of rotatable bonds is 12. The fourth-order valence-electron chi connectivity index (χ4n) is 5.67. The average Bonchev–Trinajstić information content (AvgIpc) is 3.48. The first-order chi connectivity index (χ1) is 19.6. The number of aliphatic hydroxyl groups is 2. The molecule has 0 spiro atoms. The molecule has 1 aromatic heterocycles. The zero-order valence-corrected chi connectivity index (χ0v) is 24.5. The quantitative estimate of drug-likeness (QED) is 0.202. The maximum Gasteiger partial charge on any atom is 0.508 e. The summed E-state index contributed by atoms with van der Waals surface area (Å²) in [7, 11) is 0. The van der Waals surface area contributed by atoms with Crippen molar-refractivity contribution in [2.75, 3.05) is 19.8 Å². The molecule has 0 aromatic carbocycles. The van der Waals surface area contributed by atoms with E-state index in [0.29, 0.717) is 9.91 Å². The molecule has 1 saturated carbocycles. The molecule has 14 heteroatoms. The Hall–Kier alpha value is -2.94. The summed E-state index contributed by atoms with van der Waals surface area (Å²) in [5.74, 6) is -2.97. The molecule has 2 aliphatic heterocycles. The van der Waals surface area contributed by atoms with Crippen LogP contribution in [0.5, 0.6) is 0 Å². The zero-order valence-electron chi connectivity index (χ0n) is 22.9. The maximum absolute atomic E-state index is 12.9. The second-order valence-electron chi connectivity index (χ2n) is 10.5. The van der Waals surface area contributed by atoms with Crippen molar-refractivity contribution >= 4 is 53.1 Å². The van der Waals surface area contributed by atoms with E-state index >= 15 is 0 Å². The summed E-state index contributed by atoms with van der Waals surface area (Å²) in [6.45, 7) is 3.16. The van der Waals surface area contributed by atoms with Gasteiger partial charge in [-0.3, -0.25) is 9.59 Å². The molecule has 4 atom stereocenters. The predicted molar refractivity (Wildman–Crippen MR) is 151 cm³/mol. The lowest BCUT2D eigenvalue weighted by Crippen LogP contribution is -2.66. The van der Waals surface area contributed by atoms with E-state index < -0.39 is 47.4 Å². The predicted octanol–water partition coefficient (Wildman–Crippen LogP) is 2.97. The first-order valence-corrected chi connectivity index (χ1v) is 15.3. The molecule has 0 bridgehead atoms. The third-order valence-corrected chi connectivity index (χ3v) is 9.67. The van der Waals surface area contributed by atoms with Crippen molar-refractivity contribution in [1.82, 2.24) is 15.2 Å². The van der Waals surface area contributed by atoms with Crippen molar-refractivity contribution in [2.45, 2.75) is 70.6 Å². The molecule has 2 fully saturated rings. The standard InChI is InChI=1S/C27H35N3O9S2/c1-15(32)19-21-27(2,9-12-38-26(37)39-16-6-4-3-5-7-16)22(20(25(35)36)30(21)24(19)34)40-13-8-18-29-17(14-41-18)23(33)28-10-11-31/h8,13-16,19,21,31-32H,3-7,9-12H2,1-2H3,(H,28,33)(H,35,36)/t15-,19-,21-,27?/m1/s1. The number of nitrogens with one attached hydrogen (secondary N) is 1. The number of hydrogen-bond donors (Lipinski definition) is 4. The minimum absolute atomic E-state index is 0.0629. The highest BCUT2D eigenvalue weighted by molar-refractivity contribution is 8.06. The Morgan fingerprint density at radius 2 is 2.05 bits per heavy atom. The molecule has 4 N–H and O–H groups in total. The number of fused-ring (bicyclic) bond motifs is 1. The number of nitrogens with zero attached hydrogens (tertiary/aromatic N) is 2. The van der Waals surface area contributed by atoms with Gasteiger partial charge in [0.2, 0.25) is 5.91 Å². The van der Waals surface area contributed by atoms with Crippen molar-refractivity contribution in [1.29, 1.82) is 0 Å². The minimum Gasteiger partial charge on any atom is -0.477 e. The van der Waals surface area contributed by atoms with Crippen LogP contribution in [0.25, 0.3) is 6.08 Å². The van der Waals surface area contributed by atoms with Crippen molar-refractivity contribution in [3.05, 3.63) is 32.1 Å². The van der Waals surface area contributed by atoms with Crippen molar-refractivity contribution in [3.8, 4) is 0 Å². The van der Waals surface area contributed by atoms with Gasteiger partial charge in [0.1, 0.15) is 22.5 Å². The number of carboxylic acid groups (broad SMARTS) is 1. The fraction of sp³-hybridized carbons (Fsp3) is 0.593. The number of β-lactam (4-membered cyclic amide) rings is 1. The molecule has 12 nitrogen and oxygen atoms in total. The molecule has 3 heterocycles. The lowest BCUT2D eigenvalue weighted by Gasteiger charge is -2.50. The molecule has 224 valence electrons. The number of ether oxygens (including phenoxy) is 2. The number of aliphatic hydroxyl groups excluding tert-OH is 2. The third kappa shape index (κ3) is 6.60. The Labute approximate surface area is 245 Å². The van der Waals surface area contributed by atoms with Gasteiger partial charge in [-0.25, -0.2) is 14.6 Å². The molecule has 1 unspecified atom stereocenters. The average molecular weight is 610 g/mol. The summed E-state index contributed by atoms with van der Waals surface area (Å²) >= 11 is 2.32. The number of carboxylic acids is 1. The summed E-state index contributed by atoms with van der Waals surface area (Å²) in [4.78, 5) is 55.6. The summed E-state index contributed by atoms with van der Waals surface area (Å²) < 4.78 is 10.8. The number of thioether (sulfide) groups is 1. The number of carbonyl (C=O) groups is 4. The van der Waals surface area contributed by atoms with Crippen molar-refractivity contribution in [3.63, 3.8) is 0 Å². The van der Waals surface area contributed by atoms with Gasteiger partial charge in [0, 0.05) is 22.2 Å². The molecular weight excluding hydrogens is 574 g/mol. The van der Waals surface area contributed by atoms with Crippen LogP contribution in [0.1, 0.15) is 67.9 Å². The second-order valence-corrected chi connectivity index (χ2v) is 12.3. The van der Waals surface area contributed by atoms with Crippen LogP contribution in [-0.4, -0.2) is 87.2 Å². The Kier molecular flexibility index (Phi) is 10.1. The van der Waals surface area contributed by atoms with Gasteiger partial charge < -0.3 is 35.0 Å². The lowest BCUT2D eigenvalue weighted by atomic mass is 9.68. The van der Waals surface area contributed by atoms with E-state index in [4.69, 9.17) is 14.6 Å². The van der Waals surface area contributed by atoms with Gasteiger partial charge >= 0.3 is 12.1 Å². The Bertz CT molecular complexity index is 1220. The van der Waals surface area contributed by atoms with Crippen LogP contribution < -0.4 is 5.32 Å². The lowest BCUT2D eigenvalue weighted by molar-refractivity contribution is -0.167. The summed E-state index contributed by atoms with van der Waals surface area (Å²) in [5, 5.41) is 35.6. The summed E-state index contributed by atoms with van der Waals surface area (Å²) in [6.07, 6.45) is 4.60. The van der Waals surface area contributed by atoms with Gasteiger partial charge in [-0.15, -0.1) is 11.3 Å². The molecule has 0 radical (unpaired) electrons. The topological polar surface area (TPSA) is 176 Å². The highest BCUT2D eigenvalue weighted by Crippen LogP contribution is 2.59. The van der Waals surface area contributed by atoms with E-state index in [-0.39, 0.29) is 43.7 Å². The normalized spacial score (nSPS) is 25.2. The maximum atomic E-state index is 12.9. The van der Waals surface area contributed by atoms with Crippen LogP contribution in [-0.2, 0) is 19.1 Å². The van der Waals surface area contributed by atoms with Crippen LogP contribution in [0.15, 0.2) is 21.4 Å². The van der Waals surface area contributed by atoms with Crippen LogP contribution in [0.2, 0.25) is 0 Å². The monoisotopic (exact) mass is 609 g/mol. The second kappa shape index (κ2) is 13.4. The van der Waals surface area contributed by atoms with E-state index in [1.807, 2.05) is 0 Å². The van der Waals surface area contributed by atoms with Crippen LogP contribution >= 0.6 is 23.1 Å². The van der Waals surface area contributed by atoms with Gasteiger partial charge in [-0.05, 0) is 50.5 Å². The van der Waals surface area contributed by atoms with Gasteiger partial charge in [0.05, 0.1) is 31.3 Å². The molecule has 2 amide bonds. The third-order valence-electron chi connectivity index (χ3n) is 7.70. The Morgan fingerprint density at radius 1 is 1.32 bits per heavy atom. The molecular formula is C27H35N3O9S2. The molecule has 4 rings (SSSR count). The smallest absolute Gasteiger partial charge is 0.477 e. The number of amides is 2. The largest absolute Gasteiger partial charge is 0.508 e. The highest BCUT2D eigenvalue weighted by atomic mass is 32.2. The molecule has 41 heavy (non-hydrogen) atoms. The van der Waals surface area contributed by atoms with Gasteiger partial charge in [-0.1, -0.05) is 25.1 Å².